The molecule has 8 heteroatoms. The lowest BCUT2D eigenvalue weighted by atomic mass is 10.1. The molecule has 0 spiro atoms. The van der Waals surface area contributed by atoms with Crippen LogP contribution < -0.4 is 20.1 Å². The lowest BCUT2D eigenvalue weighted by molar-refractivity contribution is -0.127. The number of esters is 1. The van der Waals surface area contributed by atoms with Gasteiger partial charge in [0.1, 0.15) is 0 Å². The van der Waals surface area contributed by atoms with Crippen LogP contribution in [0.2, 0.25) is 0 Å². The van der Waals surface area contributed by atoms with Gasteiger partial charge in [-0.1, -0.05) is 30.3 Å². The lowest BCUT2D eigenvalue weighted by Gasteiger charge is -2.20. The van der Waals surface area contributed by atoms with Crippen molar-refractivity contribution in [2.45, 2.75) is 13.0 Å². The smallest absolute Gasteiger partial charge is 0.337 e. The standard InChI is InChI=1S/C20H22N2O6/c1-4-21-20(25)22-18(23)17(13-8-6-5-7-9-13)28-15-11-10-14(19(24)27-3)12-16(15)26-2/h5-12,17H,4H2,1-3H3,(H2,21,22,23,25)/t17-/m1/s1. The number of carbonyl (C=O) groups is 3. The molecule has 0 radical (unpaired) electrons. The van der Waals surface area contributed by atoms with Crippen molar-refractivity contribution in [3.05, 3.63) is 59.7 Å². The third-order valence-corrected chi connectivity index (χ3v) is 3.74. The van der Waals surface area contributed by atoms with E-state index in [-0.39, 0.29) is 17.1 Å². The summed E-state index contributed by atoms with van der Waals surface area (Å²) in [6.07, 6.45) is -1.11. The number of imide groups is 1. The van der Waals surface area contributed by atoms with E-state index in [4.69, 9.17) is 9.47 Å². The number of hydrogen-bond donors (Lipinski definition) is 2. The van der Waals surface area contributed by atoms with Crippen LogP contribution in [0.15, 0.2) is 48.5 Å². The van der Waals surface area contributed by atoms with Crippen LogP contribution in [-0.4, -0.2) is 38.7 Å². The molecule has 0 fully saturated rings. The molecule has 0 aliphatic rings. The maximum absolute atomic E-state index is 12.6. The molecule has 0 bridgehead atoms. The molecule has 2 aromatic rings. The Morgan fingerprint density at radius 1 is 1.00 bits per heavy atom. The van der Waals surface area contributed by atoms with Gasteiger partial charge in [0.2, 0.25) is 6.10 Å². The average Bonchev–Trinajstić information content (AvgIpc) is 2.72. The topological polar surface area (TPSA) is 103 Å². The minimum absolute atomic E-state index is 0.232. The quantitative estimate of drug-likeness (QED) is 0.709. The van der Waals surface area contributed by atoms with Gasteiger partial charge in [-0.25, -0.2) is 9.59 Å². The first-order valence-electron chi connectivity index (χ1n) is 8.56. The number of methoxy groups -OCH3 is 2. The van der Waals surface area contributed by atoms with E-state index >= 15 is 0 Å². The van der Waals surface area contributed by atoms with E-state index in [9.17, 15) is 14.4 Å². The molecule has 8 nitrogen and oxygen atoms in total. The van der Waals surface area contributed by atoms with Crippen molar-refractivity contribution in [1.29, 1.82) is 0 Å². The molecule has 28 heavy (non-hydrogen) atoms. The van der Waals surface area contributed by atoms with Crippen molar-refractivity contribution in [3.8, 4) is 11.5 Å². The first-order valence-corrected chi connectivity index (χ1v) is 8.56. The molecule has 148 valence electrons. The molecular formula is C20H22N2O6. The largest absolute Gasteiger partial charge is 0.493 e. The van der Waals surface area contributed by atoms with E-state index in [1.807, 2.05) is 0 Å². The summed E-state index contributed by atoms with van der Waals surface area (Å²) in [7, 11) is 2.69. The van der Waals surface area contributed by atoms with Gasteiger partial charge in [0, 0.05) is 12.1 Å². The third kappa shape index (κ3) is 5.23. The van der Waals surface area contributed by atoms with Gasteiger partial charge >= 0.3 is 12.0 Å². The molecule has 1 atom stereocenters. The molecule has 0 aliphatic carbocycles. The van der Waals surface area contributed by atoms with Crippen LogP contribution in [0.25, 0.3) is 0 Å². The fourth-order valence-electron chi connectivity index (χ4n) is 2.42. The first-order chi connectivity index (χ1) is 13.5. The highest BCUT2D eigenvalue weighted by molar-refractivity contribution is 5.97. The summed E-state index contributed by atoms with van der Waals surface area (Å²) in [6.45, 7) is 2.11. The van der Waals surface area contributed by atoms with E-state index in [0.717, 1.165) is 0 Å². The Labute approximate surface area is 162 Å². The molecule has 0 heterocycles. The van der Waals surface area contributed by atoms with Crippen molar-refractivity contribution >= 4 is 17.9 Å². The molecule has 2 rings (SSSR count). The molecule has 3 amide bonds. The number of benzene rings is 2. The number of ether oxygens (including phenoxy) is 3. The number of urea groups is 1. The van der Waals surface area contributed by atoms with E-state index in [1.165, 1.54) is 32.4 Å². The Hall–Kier alpha value is -3.55. The van der Waals surface area contributed by atoms with Crippen LogP contribution in [0, 0.1) is 0 Å². The minimum Gasteiger partial charge on any atom is -0.493 e. The maximum Gasteiger partial charge on any atom is 0.337 e. The molecule has 0 saturated heterocycles. The highest BCUT2D eigenvalue weighted by Crippen LogP contribution is 2.32. The van der Waals surface area contributed by atoms with Crippen LogP contribution in [0.4, 0.5) is 4.79 Å². The summed E-state index contributed by atoms with van der Waals surface area (Å²) in [5.41, 5.74) is 0.818. The van der Waals surface area contributed by atoms with E-state index in [0.29, 0.717) is 12.1 Å². The molecule has 0 aromatic heterocycles. The normalized spacial score (nSPS) is 11.1. The van der Waals surface area contributed by atoms with E-state index in [1.54, 1.807) is 37.3 Å². The summed E-state index contributed by atoms with van der Waals surface area (Å²) in [5.74, 6) is -0.695. The summed E-state index contributed by atoms with van der Waals surface area (Å²) in [5, 5.41) is 4.74. The van der Waals surface area contributed by atoms with E-state index in [2.05, 4.69) is 15.4 Å². The molecular weight excluding hydrogens is 364 g/mol. The fraction of sp³-hybridized carbons (Fsp3) is 0.250. The third-order valence-electron chi connectivity index (χ3n) is 3.74. The summed E-state index contributed by atoms with van der Waals surface area (Å²) in [4.78, 5) is 36.1. The van der Waals surface area contributed by atoms with Crippen LogP contribution in [-0.2, 0) is 9.53 Å². The van der Waals surface area contributed by atoms with Crippen LogP contribution in [0.1, 0.15) is 28.9 Å². The van der Waals surface area contributed by atoms with Gasteiger partial charge in [-0.3, -0.25) is 10.1 Å². The zero-order chi connectivity index (χ0) is 20.5. The highest BCUT2D eigenvalue weighted by Gasteiger charge is 2.26. The summed E-state index contributed by atoms with van der Waals surface area (Å²) < 4.78 is 15.8. The van der Waals surface area contributed by atoms with Gasteiger partial charge < -0.3 is 19.5 Å². The van der Waals surface area contributed by atoms with Gasteiger partial charge in [-0.15, -0.1) is 0 Å². The van der Waals surface area contributed by atoms with Gasteiger partial charge in [0.05, 0.1) is 19.8 Å². The minimum atomic E-state index is -1.11. The van der Waals surface area contributed by atoms with Gasteiger partial charge in [-0.2, -0.15) is 0 Å². The van der Waals surface area contributed by atoms with Crippen molar-refractivity contribution in [2.24, 2.45) is 0 Å². The maximum atomic E-state index is 12.6. The van der Waals surface area contributed by atoms with E-state index < -0.39 is 24.0 Å². The van der Waals surface area contributed by atoms with Crippen molar-refractivity contribution in [3.63, 3.8) is 0 Å². The zero-order valence-electron chi connectivity index (χ0n) is 15.9. The molecule has 2 N–H and O–H groups in total. The van der Waals surface area contributed by atoms with Gasteiger partial charge in [0.25, 0.3) is 5.91 Å². The average molecular weight is 386 g/mol. The van der Waals surface area contributed by atoms with Crippen LogP contribution in [0.5, 0.6) is 11.5 Å². The number of hydrogen-bond acceptors (Lipinski definition) is 6. The molecule has 0 aliphatic heterocycles. The monoisotopic (exact) mass is 386 g/mol. The van der Waals surface area contributed by atoms with Crippen LogP contribution in [0.3, 0.4) is 0 Å². The predicted octanol–water partition coefficient (Wildman–Crippen LogP) is 2.45. The number of rotatable bonds is 7. The zero-order valence-corrected chi connectivity index (χ0v) is 15.9. The van der Waals surface area contributed by atoms with Crippen molar-refractivity contribution < 1.29 is 28.6 Å². The Bertz CT molecular complexity index is 838. The Morgan fingerprint density at radius 2 is 1.71 bits per heavy atom. The lowest BCUT2D eigenvalue weighted by Crippen LogP contribution is -2.42. The fourth-order valence-corrected chi connectivity index (χ4v) is 2.42. The van der Waals surface area contributed by atoms with Gasteiger partial charge in [0.15, 0.2) is 11.5 Å². The Kier molecular flexibility index (Phi) is 7.38. The Morgan fingerprint density at radius 3 is 2.32 bits per heavy atom. The second kappa shape index (κ2) is 9.96. The number of carbonyl (C=O) groups excluding carboxylic acids is 3. The van der Waals surface area contributed by atoms with Gasteiger partial charge in [-0.05, 0) is 25.1 Å². The molecule has 2 aromatic carbocycles. The SMILES string of the molecule is CCNC(=O)NC(=O)[C@H](Oc1ccc(C(=O)OC)cc1OC)c1ccccc1. The summed E-state index contributed by atoms with van der Waals surface area (Å²) >= 11 is 0. The number of nitrogens with one attached hydrogen (secondary N) is 2. The molecule has 0 saturated carbocycles. The number of amides is 3. The van der Waals surface area contributed by atoms with Crippen molar-refractivity contribution in [2.75, 3.05) is 20.8 Å². The predicted molar refractivity (Wildman–Crippen MR) is 101 cm³/mol. The Balaban J connectivity index is 2.33. The van der Waals surface area contributed by atoms with Crippen LogP contribution >= 0.6 is 0 Å². The molecule has 0 unspecified atom stereocenters. The summed E-state index contributed by atoms with van der Waals surface area (Å²) in [6, 6.07) is 12.5. The van der Waals surface area contributed by atoms with Crippen molar-refractivity contribution in [1.82, 2.24) is 10.6 Å². The first kappa shape index (κ1) is 20.8. The second-order valence-electron chi connectivity index (χ2n) is 5.61. The highest BCUT2D eigenvalue weighted by atomic mass is 16.5. The second-order valence-corrected chi connectivity index (χ2v) is 5.61.